The maximum Gasteiger partial charge on any atom is 0.303 e. The van der Waals surface area contributed by atoms with Gasteiger partial charge < -0.3 is 91.9 Å². The highest BCUT2D eigenvalue weighted by atomic mass is 16.4. The Morgan fingerprint density at radius 1 is 0.490 bits per heavy atom. The third-order valence-corrected chi connectivity index (χ3v) is 17.1. The van der Waals surface area contributed by atoms with E-state index in [9.17, 15) is 67.4 Å². The lowest BCUT2D eigenvalue weighted by atomic mass is 9.96. The Morgan fingerprint density at radius 2 is 0.970 bits per heavy atom. The third-order valence-electron chi connectivity index (χ3n) is 17.1. The zero-order valence-corrected chi connectivity index (χ0v) is 59.3. The smallest absolute Gasteiger partial charge is 0.303 e. The molecule has 0 aliphatic carbocycles. The minimum atomic E-state index is -1.69. The van der Waals surface area contributed by atoms with Gasteiger partial charge in [0.15, 0.2) is 5.96 Å². The molecule has 0 spiro atoms. The topological polar surface area (TPSA) is 521 Å². The third kappa shape index (κ3) is 29.8. The number of carboxylic acids is 1. The van der Waals surface area contributed by atoms with Crippen molar-refractivity contribution in [2.75, 3.05) is 13.1 Å². The van der Waals surface area contributed by atoms with Crippen LogP contribution in [-0.2, 0) is 75.2 Å². The van der Waals surface area contributed by atoms with E-state index in [0.29, 0.717) is 34.9 Å². The molecular weight excluding hydrogens is 1290 g/mol. The van der Waals surface area contributed by atoms with Gasteiger partial charge in [0.1, 0.15) is 60.4 Å². The number of rotatable bonds is 46. The first-order chi connectivity index (χ1) is 47.1. The minimum absolute atomic E-state index is 0.0333. The van der Waals surface area contributed by atoms with Gasteiger partial charge in [-0.05, 0) is 112 Å². The Bertz CT molecular complexity index is 3260. The van der Waals surface area contributed by atoms with Crippen molar-refractivity contribution in [2.24, 2.45) is 63.3 Å². The number of nitrogens with zero attached hydrogens (tertiary/aromatic N) is 1. The van der Waals surface area contributed by atoms with Crippen molar-refractivity contribution in [1.82, 2.24) is 58.2 Å². The van der Waals surface area contributed by atoms with Crippen LogP contribution < -0.4 is 81.8 Å². The molecule has 554 valence electrons. The second kappa shape index (κ2) is 43.0. The highest BCUT2D eigenvalue weighted by Crippen LogP contribution is 2.21. The van der Waals surface area contributed by atoms with Crippen LogP contribution in [0.3, 0.4) is 0 Å². The summed E-state index contributed by atoms with van der Waals surface area (Å²) in [6.45, 7) is 17.9. The molecule has 3 rings (SSSR count). The number of benzene rings is 2. The first-order valence-corrected chi connectivity index (χ1v) is 34.3. The van der Waals surface area contributed by atoms with Gasteiger partial charge >= 0.3 is 5.97 Å². The number of H-pyrrole nitrogens is 1. The molecule has 0 fully saturated rings. The zero-order chi connectivity index (χ0) is 74.9. The Balaban J connectivity index is 2.08. The van der Waals surface area contributed by atoms with Crippen molar-refractivity contribution in [3.8, 4) is 0 Å². The summed E-state index contributed by atoms with van der Waals surface area (Å²) in [5.74, 6) is -13.1. The molecule has 0 aliphatic heterocycles. The van der Waals surface area contributed by atoms with E-state index < -0.39 is 162 Å². The molecule has 12 amide bonds. The fourth-order valence-corrected chi connectivity index (χ4v) is 10.6. The average molecular weight is 1400 g/mol. The molecule has 1 heterocycles. The van der Waals surface area contributed by atoms with Gasteiger partial charge in [0.05, 0.1) is 6.42 Å². The van der Waals surface area contributed by atoms with Crippen LogP contribution in [0.4, 0.5) is 0 Å². The number of amides is 12. The SMILES string of the molecule is CC[C@H](C)[C@H](NC(=O)[C@H](Cc1ccccc1)NC(=O)[C@H](CCC(C)C)NC(=O)[C@@H](CCCN=C(N)N)NC(=O)[C@@H](C)C(C)C)C(=O)N[C@@H](CCC(=O)O)C(=O)N[C@@H](Cc1c[nH]c2ccccc12)C(=O)N[C@@H](CC(C)C)C(=O)N[C@@H](CCCCN)C(=O)N[C@@H](CC(N)=O)C(=O)N[C@H](C)C(N)=O. The average Bonchev–Trinajstić information content (AvgIpc) is 1.60. The zero-order valence-electron chi connectivity index (χ0n) is 59.3. The molecule has 0 saturated heterocycles. The van der Waals surface area contributed by atoms with Crippen LogP contribution in [0.2, 0.25) is 0 Å². The van der Waals surface area contributed by atoms with E-state index in [-0.39, 0.29) is 100 Å². The number of carboxylic acid groups (broad SMARTS) is 1. The number of unbranched alkanes of at least 4 members (excludes halogenated alkanes) is 1. The van der Waals surface area contributed by atoms with Gasteiger partial charge in [0, 0.05) is 48.8 Å². The Labute approximate surface area is 584 Å². The lowest BCUT2D eigenvalue weighted by molar-refractivity contribution is -0.139. The van der Waals surface area contributed by atoms with Gasteiger partial charge in [-0.1, -0.05) is 117 Å². The molecule has 100 heavy (non-hydrogen) atoms. The summed E-state index contributed by atoms with van der Waals surface area (Å²) in [5.41, 5.74) is 29.4. The molecule has 0 radical (unpaired) electrons. The first-order valence-electron chi connectivity index (χ1n) is 34.3. The second-order valence-electron chi connectivity index (χ2n) is 26.7. The molecule has 12 atom stereocenters. The monoisotopic (exact) mass is 1400 g/mol. The summed E-state index contributed by atoms with van der Waals surface area (Å²) in [5, 5.41) is 37.4. The van der Waals surface area contributed by atoms with Crippen LogP contribution in [-0.4, -0.2) is 166 Å². The number of hydrogen-bond acceptors (Lipinski definition) is 15. The summed E-state index contributed by atoms with van der Waals surface area (Å²) in [7, 11) is 0. The molecule has 2 aromatic carbocycles. The predicted molar refractivity (Wildman–Crippen MR) is 377 cm³/mol. The number of aromatic amines is 1. The summed E-state index contributed by atoms with van der Waals surface area (Å²) in [6.07, 6.45) is 1.22. The van der Waals surface area contributed by atoms with Gasteiger partial charge in [0.25, 0.3) is 0 Å². The molecule has 0 aliphatic rings. The molecule has 3 aromatic rings. The number of aromatic nitrogens is 1. The number of aliphatic carboxylic acids is 1. The minimum Gasteiger partial charge on any atom is -0.481 e. The number of hydrogen-bond donors (Lipinski definition) is 17. The number of fused-ring (bicyclic) bond motifs is 1. The fraction of sp³-hybridized carbons (Fsp3) is 0.594. The quantitative estimate of drug-likeness (QED) is 0.0202. The van der Waals surface area contributed by atoms with Crippen molar-refractivity contribution < 1.29 is 67.4 Å². The van der Waals surface area contributed by atoms with Gasteiger partial charge in [-0.15, -0.1) is 0 Å². The maximum atomic E-state index is 15.0. The number of nitrogens with two attached hydrogens (primary N) is 5. The Hall–Kier alpha value is -9.68. The van der Waals surface area contributed by atoms with Crippen molar-refractivity contribution in [1.29, 1.82) is 0 Å². The van der Waals surface area contributed by atoms with Gasteiger partial charge in [-0.3, -0.25) is 67.3 Å². The lowest BCUT2D eigenvalue weighted by Gasteiger charge is -2.30. The fourth-order valence-electron chi connectivity index (χ4n) is 10.6. The van der Waals surface area contributed by atoms with Crippen LogP contribution >= 0.6 is 0 Å². The summed E-state index contributed by atoms with van der Waals surface area (Å²) >= 11 is 0. The van der Waals surface area contributed by atoms with Crippen molar-refractivity contribution >= 4 is 93.7 Å². The lowest BCUT2D eigenvalue weighted by Crippen LogP contribution is -2.62. The molecule has 31 nitrogen and oxygen atoms in total. The van der Waals surface area contributed by atoms with Crippen LogP contribution in [0.5, 0.6) is 0 Å². The maximum absolute atomic E-state index is 15.0. The number of nitrogens with one attached hydrogen (secondary N) is 11. The van der Waals surface area contributed by atoms with Gasteiger partial charge in [-0.2, -0.15) is 0 Å². The normalized spacial score (nSPS) is 14.9. The predicted octanol–water partition coefficient (Wildman–Crippen LogP) is 0.0496. The van der Waals surface area contributed by atoms with Crippen molar-refractivity contribution in [3.63, 3.8) is 0 Å². The van der Waals surface area contributed by atoms with E-state index in [4.69, 9.17) is 28.7 Å². The van der Waals surface area contributed by atoms with E-state index in [1.54, 1.807) is 95.4 Å². The highest BCUT2D eigenvalue weighted by Gasteiger charge is 2.38. The van der Waals surface area contributed by atoms with E-state index in [0.717, 1.165) is 0 Å². The van der Waals surface area contributed by atoms with E-state index in [1.165, 1.54) is 6.92 Å². The van der Waals surface area contributed by atoms with Crippen LogP contribution in [0.25, 0.3) is 10.9 Å². The molecule has 1 aromatic heterocycles. The first kappa shape index (κ1) is 84.5. The van der Waals surface area contributed by atoms with Crippen LogP contribution in [0, 0.1) is 29.6 Å². The summed E-state index contributed by atoms with van der Waals surface area (Å²) in [6, 6.07) is 1.70. The number of primary amides is 2. The van der Waals surface area contributed by atoms with Crippen molar-refractivity contribution in [3.05, 3.63) is 71.9 Å². The summed E-state index contributed by atoms with van der Waals surface area (Å²) in [4.78, 5) is 187. The van der Waals surface area contributed by atoms with E-state index >= 15 is 0 Å². The van der Waals surface area contributed by atoms with Gasteiger partial charge in [-0.25, -0.2) is 0 Å². The molecular formula is C69H109N17O14. The van der Waals surface area contributed by atoms with Crippen LogP contribution in [0.15, 0.2) is 65.8 Å². The number of para-hydroxylation sites is 1. The summed E-state index contributed by atoms with van der Waals surface area (Å²) < 4.78 is 0. The van der Waals surface area contributed by atoms with E-state index in [1.807, 2.05) is 27.7 Å². The number of carbonyl (C=O) groups is 13. The largest absolute Gasteiger partial charge is 0.481 e. The van der Waals surface area contributed by atoms with Crippen molar-refractivity contribution in [2.45, 2.75) is 220 Å². The number of aliphatic imine (C=N–C) groups is 1. The number of guanidine groups is 1. The molecule has 0 saturated carbocycles. The van der Waals surface area contributed by atoms with E-state index in [2.05, 4.69) is 63.1 Å². The second-order valence-corrected chi connectivity index (χ2v) is 26.7. The van der Waals surface area contributed by atoms with Crippen LogP contribution in [0.1, 0.15) is 157 Å². The number of carbonyl (C=O) groups excluding carboxylic acids is 12. The standard InChI is InChI=1S/C69H109N17O14/c1-11-40(8)57(86-67(99)52(33-43-20-13-12-14-21-43)83-62(94)49(27-26-37(2)3)80-60(92)48(25-19-31-75-69(73)74)78-59(91)41(9)39(6)7)68(100)81-50(28-29-56(88)89)63(95)84-53(34-44-36-76-46-23-16-15-22-45(44)46)66(98)82-51(32-38(4)5)65(97)79-47(24-17-18-30-70)61(93)85-54(35-55(71)87)64(96)77-42(10)58(72)90/h12-16,20-23,36-42,47-54,57,76H,11,17-19,24-35,70H2,1-10H3,(H2,71,87)(H2,72,90)(H,77,96)(H,78,91)(H,79,97)(H,80,92)(H,81,100)(H,82,98)(H,83,94)(H,84,95)(H,85,93)(H,86,99)(H,88,89)(H4,73,74,75)/t40-,41-,42+,47-,48+,49-,50-,51-,52-,53-,54-,57-/m0/s1. The molecule has 0 bridgehead atoms. The highest BCUT2D eigenvalue weighted by molar-refractivity contribution is 6.00. The molecule has 31 heteroatoms. The molecule has 22 N–H and O–H groups in total. The van der Waals surface area contributed by atoms with Gasteiger partial charge in [0.2, 0.25) is 70.9 Å². The Kier molecular flexibility index (Phi) is 36.3. The Morgan fingerprint density at radius 3 is 1.51 bits per heavy atom. The molecule has 0 unspecified atom stereocenters.